The maximum atomic E-state index is 9.26. The fourth-order valence-corrected chi connectivity index (χ4v) is 2.80. The summed E-state index contributed by atoms with van der Waals surface area (Å²) in [4.78, 5) is 2.51. The molecule has 0 aromatic carbocycles. The minimum absolute atomic E-state index is 0.339. The molecule has 0 amide bonds. The van der Waals surface area contributed by atoms with Gasteiger partial charge in [-0.2, -0.15) is 0 Å². The molecule has 0 spiro atoms. The van der Waals surface area contributed by atoms with Crippen LogP contribution in [-0.2, 0) is 0 Å². The fraction of sp³-hybridized carbons (Fsp3) is 1.00. The van der Waals surface area contributed by atoms with E-state index < -0.39 is 0 Å². The van der Waals surface area contributed by atoms with Crippen LogP contribution in [0.15, 0.2) is 0 Å². The van der Waals surface area contributed by atoms with Gasteiger partial charge in [0.1, 0.15) is 0 Å². The molecule has 2 fully saturated rings. The molecule has 0 aliphatic carbocycles. The van der Waals surface area contributed by atoms with Gasteiger partial charge in [-0.15, -0.1) is 0 Å². The van der Waals surface area contributed by atoms with Crippen molar-refractivity contribution in [3.8, 4) is 0 Å². The van der Waals surface area contributed by atoms with Crippen LogP contribution in [0.2, 0.25) is 0 Å². The first kappa shape index (κ1) is 10.4. The molecule has 0 aromatic rings. The van der Waals surface area contributed by atoms with E-state index in [0.29, 0.717) is 24.7 Å². The minimum Gasteiger partial charge on any atom is -0.395 e. The highest BCUT2D eigenvalue weighted by Gasteiger charge is 2.31. The van der Waals surface area contributed by atoms with Gasteiger partial charge in [0.2, 0.25) is 0 Å². The Morgan fingerprint density at radius 2 is 2.21 bits per heavy atom. The number of nitrogens with one attached hydrogen (secondary N) is 1. The molecule has 3 heteroatoms. The first-order valence-electron chi connectivity index (χ1n) is 5.91. The largest absolute Gasteiger partial charge is 0.395 e. The van der Waals surface area contributed by atoms with Gasteiger partial charge in [0.05, 0.1) is 6.61 Å². The van der Waals surface area contributed by atoms with E-state index in [1.165, 1.54) is 32.2 Å². The molecule has 2 N–H and O–H groups in total. The molecule has 82 valence electrons. The Balaban J connectivity index is 1.88. The van der Waals surface area contributed by atoms with Crippen LogP contribution in [-0.4, -0.2) is 47.8 Å². The number of piperidine rings is 1. The van der Waals surface area contributed by atoms with E-state index in [2.05, 4.69) is 17.1 Å². The van der Waals surface area contributed by atoms with Crippen LogP contribution in [0.25, 0.3) is 0 Å². The summed E-state index contributed by atoms with van der Waals surface area (Å²) in [7, 11) is 0. The molecule has 2 heterocycles. The topological polar surface area (TPSA) is 35.5 Å². The van der Waals surface area contributed by atoms with Crippen LogP contribution in [0.1, 0.15) is 32.6 Å². The Morgan fingerprint density at radius 3 is 2.86 bits per heavy atom. The molecule has 2 unspecified atom stereocenters. The Hall–Kier alpha value is -0.120. The molecular weight excluding hydrogens is 176 g/mol. The van der Waals surface area contributed by atoms with Crippen LogP contribution >= 0.6 is 0 Å². The Bertz CT molecular complexity index is 178. The monoisotopic (exact) mass is 198 g/mol. The lowest BCUT2D eigenvalue weighted by Gasteiger charge is -2.37. The highest BCUT2D eigenvalue weighted by atomic mass is 16.3. The smallest absolute Gasteiger partial charge is 0.0587 e. The van der Waals surface area contributed by atoms with Crippen molar-refractivity contribution in [3.05, 3.63) is 0 Å². The Kier molecular flexibility index (Phi) is 3.42. The molecule has 0 bridgehead atoms. The fourth-order valence-electron chi connectivity index (χ4n) is 2.80. The van der Waals surface area contributed by atoms with Crippen molar-refractivity contribution in [2.24, 2.45) is 0 Å². The SMILES string of the molecule is CC1CCC(N2CCC[C@H]2CO)CN1. The van der Waals surface area contributed by atoms with Gasteiger partial charge in [-0.3, -0.25) is 4.90 Å². The number of likely N-dealkylation sites (tertiary alicyclic amines) is 1. The van der Waals surface area contributed by atoms with Gasteiger partial charge >= 0.3 is 0 Å². The van der Waals surface area contributed by atoms with Gasteiger partial charge in [-0.1, -0.05) is 0 Å². The van der Waals surface area contributed by atoms with Gasteiger partial charge < -0.3 is 10.4 Å². The van der Waals surface area contributed by atoms with E-state index in [1.807, 2.05) is 0 Å². The molecule has 2 rings (SSSR count). The van der Waals surface area contributed by atoms with E-state index in [4.69, 9.17) is 0 Å². The van der Waals surface area contributed by atoms with Crippen molar-refractivity contribution in [2.75, 3.05) is 19.7 Å². The number of aliphatic hydroxyl groups is 1. The van der Waals surface area contributed by atoms with Crippen LogP contribution in [0.4, 0.5) is 0 Å². The zero-order chi connectivity index (χ0) is 9.97. The number of rotatable bonds is 2. The van der Waals surface area contributed by atoms with E-state index in [9.17, 15) is 5.11 Å². The highest BCUT2D eigenvalue weighted by Crippen LogP contribution is 2.23. The second kappa shape index (κ2) is 4.60. The maximum Gasteiger partial charge on any atom is 0.0587 e. The molecule has 0 aromatic heterocycles. The molecule has 0 saturated carbocycles. The van der Waals surface area contributed by atoms with Crippen LogP contribution in [0.5, 0.6) is 0 Å². The quantitative estimate of drug-likeness (QED) is 0.681. The van der Waals surface area contributed by atoms with Crippen molar-refractivity contribution in [2.45, 2.75) is 50.7 Å². The summed E-state index contributed by atoms with van der Waals surface area (Å²) in [6, 6.07) is 1.79. The van der Waals surface area contributed by atoms with E-state index in [1.54, 1.807) is 0 Å². The molecule has 0 radical (unpaired) electrons. The number of hydrogen-bond acceptors (Lipinski definition) is 3. The van der Waals surface area contributed by atoms with Gasteiger partial charge in [0, 0.05) is 24.7 Å². The summed E-state index contributed by atoms with van der Waals surface area (Å²) >= 11 is 0. The summed E-state index contributed by atoms with van der Waals surface area (Å²) in [5.74, 6) is 0. The van der Waals surface area contributed by atoms with Crippen LogP contribution in [0.3, 0.4) is 0 Å². The zero-order valence-corrected chi connectivity index (χ0v) is 9.08. The molecular formula is C11H22N2O. The second-order valence-electron chi connectivity index (χ2n) is 4.76. The molecule has 3 atom stereocenters. The lowest BCUT2D eigenvalue weighted by Crippen LogP contribution is -2.51. The number of hydrogen-bond donors (Lipinski definition) is 2. The second-order valence-corrected chi connectivity index (χ2v) is 4.76. The van der Waals surface area contributed by atoms with Crippen molar-refractivity contribution in [3.63, 3.8) is 0 Å². The predicted octanol–water partition coefficient (Wildman–Crippen LogP) is 0.584. The summed E-state index contributed by atoms with van der Waals surface area (Å²) in [6.45, 7) is 4.89. The van der Waals surface area contributed by atoms with Crippen molar-refractivity contribution >= 4 is 0 Å². The Labute approximate surface area is 86.5 Å². The minimum atomic E-state index is 0.339. The summed E-state index contributed by atoms with van der Waals surface area (Å²) < 4.78 is 0. The van der Waals surface area contributed by atoms with Gasteiger partial charge in [-0.05, 0) is 39.2 Å². The third-order valence-electron chi connectivity index (χ3n) is 3.74. The molecule has 14 heavy (non-hydrogen) atoms. The van der Waals surface area contributed by atoms with E-state index in [0.717, 1.165) is 6.54 Å². The summed E-state index contributed by atoms with van der Waals surface area (Å²) in [5, 5.41) is 12.8. The summed E-state index contributed by atoms with van der Waals surface area (Å²) in [6.07, 6.45) is 5.02. The molecule has 2 aliphatic rings. The van der Waals surface area contributed by atoms with Crippen LogP contribution in [0, 0.1) is 0 Å². The standard InChI is InChI=1S/C11H22N2O/c1-9-4-5-10(7-12-9)13-6-2-3-11(13)8-14/h9-12,14H,2-8H2,1H3/t9?,10?,11-/m0/s1. The lowest BCUT2D eigenvalue weighted by molar-refractivity contribution is 0.0984. The van der Waals surface area contributed by atoms with Gasteiger partial charge in [0.25, 0.3) is 0 Å². The molecule has 3 nitrogen and oxygen atoms in total. The first-order chi connectivity index (χ1) is 6.81. The van der Waals surface area contributed by atoms with E-state index >= 15 is 0 Å². The Morgan fingerprint density at radius 1 is 1.36 bits per heavy atom. The van der Waals surface area contributed by atoms with Gasteiger partial charge in [-0.25, -0.2) is 0 Å². The molecule has 2 saturated heterocycles. The maximum absolute atomic E-state index is 9.26. The average Bonchev–Trinajstić information content (AvgIpc) is 2.67. The van der Waals surface area contributed by atoms with E-state index in [-0.39, 0.29) is 0 Å². The predicted molar refractivity (Wildman–Crippen MR) is 57.3 cm³/mol. The van der Waals surface area contributed by atoms with Gasteiger partial charge in [0.15, 0.2) is 0 Å². The third-order valence-corrected chi connectivity index (χ3v) is 3.74. The number of nitrogens with zero attached hydrogens (tertiary/aromatic N) is 1. The molecule has 2 aliphatic heterocycles. The zero-order valence-electron chi connectivity index (χ0n) is 9.08. The highest BCUT2D eigenvalue weighted by molar-refractivity contribution is 4.88. The average molecular weight is 198 g/mol. The normalized spacial score (nSPS) is 40.3. The van der Waals surface area contributed by atoms with Crippen molar-refractivity contribution in [1.29, 1.82) is 0 Å². The third kappa shape index (κ3) is 2.10. The summed E-state index contributed by atoms with van der Waals surface area (Å²) in [5.41, 5.74) is 0. The van der Waals surface area contributed by atoms with Crippen molar-refractivity contribution in [1.82, 2.24) is 10.2 Å². The lowest BCUT2D eigenvalue weighted by atomic mass is 10.00. The first-order valence-corrected chi connectivity index (χ1v) is 5.91. The number of aliphatic hydroxyl groups excluding tert-OH is 1. The van der Waals surface area contributed by atoms with Crippen LogP contribution < -0.4 is 5.32 Å². The van der Waals surface area contributed by atoms with Crippen molar-refractivity contribution < 1.29 is 5.11 Å².